The number of fused-ring (bicyclic) bond motifs is 1. The van der Waals surface area contributed by atoms with Crippen LogP contribution in [0.2, 0.25) is 0 Å². The van der Waals surface area contributed by atoms with Crippen molar-refractivity contribution in [3.8, 4) is 5.75 Å². The molecule has 5 heteroatoms. The van der Waals surface area contributed by atoms with Crippen molar-refractivity contribution in [2.45, 2.75) is 12.5 Å². The number of rotatable bonds is 3. The van der Waals surface area contributed by atoms with Crippen molar-refractivity contribution in [2.24, 2.45) is 5.16 Å². The van der Waals surface area contributed by atoms with E-state index in [1.54, 1.807) is 7.11 Å². The monoisotopic (exact) mass is 337 g/mol. The number of methoxy groups -OCH3 is 1. The Labute approximate surface area is 148 Å². The number of oxime groups is 1. The quantitative estimate of drug-likeness (QED) is 0.691. The number of nitrogens with zero attached hydrogens (tertiary/aromatic N) is 3. The van der Waals surface area contributed by atoms with Crippen LogP contribution in [0.1, 0.15) is 17.2 Å². The average molecular weight is 337 g/mol. The Hall–Kier alpha value is -2.53. The van der Waals surface area contributed by atoms with Crippen molar-refractivity contribution < 1.29 is 9.94 Å². The Morgan fingerprint density at radius 2 is 1.72 bits per heavy atom. The van der Waals surface area contributed by atoms with Gasteiger partial charge in [-0.25, -0.2) is 0 Å². The number of ether oxygens (including phenoxy) is 1. The molecule has 0 radical (unpaired) electrons. The highest BCUT2D eigenvalue weighted by Crippen LogP contribution is 2.35. The lowest BCUT2D eigenvalue weighted by Gasteiger charge is -2.39. The van der Waals surface area contributed by atoms with E-state index in [0.29, 0.717) is 0 Å². The second-order valence-corrected chi connectivity index (χ2v) is 6.56. The van der Waals surface area contributed by atoms with E-state index in [-0.39, 0.29) is 6.04 Å². The number of anilines is 1. The minimum atomic E-state index is 0.0982. The fourth-order valence-corrected chi connectivity index (χ4v) is 4.04. The highest BCUT2D eigenvalue weighted by Gasteiger charge is 2.35. The summed E-state index contributed by atoms with van der Waals surface area (Å²) in [6.07, 6.45) is 0.740. The van der Waals surface area contributed by atoms with Gasteiger partial charge in [0.25, 0.3) is 0 Å². The zero-order valence-corrected chi connectivity index (χ0v) is 14.4. The summed E-state index contributed by atoms with van der Waals surface area (Å²) in [6.45, 7) is 3.71. The Morgan fingerprint density at radius 1 is 1.00 bits per heavy atom. The van der Waals surface area contributed by atoms with Crippen LogP contribution in [0.5, 0.6) is 5.75 Å². The van der Waals surface area contributed by atoms with E-state index >= 15 is 0 Å². The standard InChI is InChI=1S/C20H23N3O2/c1-25-19-9-5-4-8-18(19)22-10-12-23(13-11-22)20-16-7-3-2-6-15(16)14-17(20)21-24/h2-9,20,24H,10-14H2,1H3/b21-17-/t20-/m0/s1. The Bertz CT molecular complexity index is 782. The van der Waals surface area contributed by atoms with E-state index in [1.807, 2.05) is 18.2 Å². The van der Waals surface area contributed by atoms with Gasteiger partial charge in [0.15, 0.2) is 0 Å². The van der Waals surface area contributed by atoms with Crippen LogP contribution in [-0.4, -0.2) is 49.1 Å². The normalized spacial score (nSPS) is 22.2. The largest absolute Gasteiger partial charge is 0.495 e. The van der Waals surface area contributed by atoms with Gasteiger partial charge in [-0.3, -0.25) is 4.90 Å². The summed E-state index contributed by atoms with van der Waals surface area (Å²) in [6, 6.07) is 16.7. The van der Waals surface area contributed by atoms with Crippen LogP contribution < -0.4 is 9.64 Å². The lowest BCUT2D eigenvalue weighted by Crippen LogP contribution is -2.48. The minimum absolute atomic E-state index is 0.0982. The molecule has 5 nitrogen and oxygen atoms in total. The molecule has 130 valence electrons. The number of benzene rings is 2. The first-order valence-electron chi connectivity index (χ1n) is 8.72. The lowest BCUT2D eigenvalue weighted by molar-refractivity contribution is 0.224. The zero-order chi connectivity index (χ0) is 17.2. The third-order valence-electron chi connectivity index (χ3n) is 5.27. The van der Waals surface area contributed by atoms with Crippen LogP contribution in [0.4, 0.5) is 5.69 Å². The highest BCUT2D eigenvalue weighted by atomic mass is 16.5. The fraction of sp³-hybridized carbons (Fsp3) is 0.350. The van der Waals surface area contributed by atoms with E-state index in [1.165, 1.54) is 11.1 Å². The molecule has 4 rings (SSSR count). The minimum Gasteiger partial charge on any atom is -0.495 e. The Kier molecular flexibility index (Phi) is 4.32. The predicted molar refractivity (Wildman–Crippen MR) is 98.9 cm³/mol. The van der Waals surface area contributed by atoms with E-state index in [0.717, 1.165) is 49.7 Å². The molecule has 0 bridgehead atoms. The van der Waals surface area contributed by atoms with Crippen LogP contribution in [0.15, 0.2) is 53.7 Å². The summed E-state index contributed by atoms with van der Waals surface area (Å²) in [4.78, 5) is 4.79. The molecule has 0 spiro atoms. The van der Waals surface area contributed by atoms with Crippen molar-refractivity contribution in [1.82, 2.24) is 4.90 Å². The van der Waals surface area contributed by atoms with Crippen molar-refractivity contribution in [3.05, 3.63) is 59.7 Å². The van der Waals surface area contributed by atoms with Crippen LogP contribution in [0.25, 0.3) is 0 Å². The SMILES string of the molecule is COc1ccccc1N1CCN([C@@H]2/C(=N\O)Cc3ccccc32)CC1. The maximum Gasteiger partial charge on any atom is 0.142 e. The zero-order valence-electron chi connectivity index (χ0n) is 14.4. The number of piperazine rings is 1. The summed E-state index contributed by atoms with van der Waals surface area (Å²) < 4.78 is 5.50. The van der Waals surface area contributed by atoms with Crippen molar-refractivity contribution in [3.63, 3.8) is 0 Å². The van der Waals surface area contributed by atoms with Gasteiger partial charge in [-0.2, -0.15) is 0 Å². The highest BCUT2D eigenvalue weighted by molar-refractivity contribution is 5.96. The summed E-state index contributed by atoms with van der Waals surface area (Å²) in [5.41, 5.74) is 4.55. The van der Waals surface area contributed by atoms with Gasteiger partial charge in [-0.15, -0.1) is 0 Å². The summed E-state index contributed by atoms with van der Waals surface area (Å²) in [5, 5.41) is 13.1. The predicted octanol–water partition coefficient (Wildman–Crippen LogP) is 2.94. The summed E-state index contributed by atoms with van der Waals surface area (Å²) in [5.74, 6) is 0.916. The second-order valence-electron chi connectivity index (χ2n) is 6.56. The lowest BCUT2D eigenvalue weighted by atomic mass is 10.1. The first-order chi connectivity index (χ1) is 12.3. The molecule has 2 aliphatic rings. The molecule has 2 aromatic carbocycles. The van der Waals surface area contributed by atoms with Gasteiger partial charge in [0.2, 0.25) is 0 Å². The molecule has 1 atom stereocenters. The molecule has 0 saturated carbocycles. The van der Waals surface area contributed by atoms with Crippen molar-refractivity contribution >= 4 is 11.4 Å². The van der Waals surface area contributed by atoms with Crippen LogP contribution >= 0.6 is 0 Å². The van der Waals surface area contributed by atoms with E-state index in [4.69, 9.17) is 4.74 Å². The van der Waals surface area contributed by atoms with Gasteiger partial charge in [0.1, 0.15) is 5.75 Å². The van der Waals surface area contributed by atoms with Crippen LogP contribution in [-0.2, 0) is 6.42 Å². The van der Waals surface area contributed by atoms with E-state index in [9.17, 15) is 5.21 Å². The van der Waals surface area contributed by atoms with Gasteiger partial charge >= 0.3 is 0 Å². The van der Waals surface area contributed by atoms with Crippen LogP contribution in [0.3, 0.4) is 0 Å². The molecule has 1 aliphatic carbocycles. The number of para-hydroxylation sites is 2. The molecule has 0 amide bonds. The van der Waals surface area contributed by atoms with Gasteiger partial charge < -0.3 is 14.8 Å². The summed E-state index contributed by atoms with van der Waals surface area (Å²) >= 11 is 0. The van der Waals surface area contributed by atoms with E-state index < -0.39 is 0 Å². The second kappa shape index (κ2) is 6.76. The smallest absolute Gasteiger partial charge is 0.142 e. The first-order valence-corrected chi connectivity index (χ1v) is 8.72. The molecule has 2 aromatic rings. The number of hydrogen-bond acceptors (Lipinski definition) is 5. The van der Waals surface area contributed by atoms with Gasteiger partial charge in [0.05, 0.1) is 24.6 Å². The first kappa shape index (κ1) is 16.0. The third-order valence-corrected chi connectivity index (χ3v) is 5.27. The van der Waals surface area contributed by atoms with Crippen molar-refractivity contribution in [1.29, 1.82) is 0 Å². The molecule has 0 unspecified atom stereocenters. The fourth-order valence-electron chi connectivity index (χ4n) is 4.04. The van der Waals surface area contributed by atoms with Gasteiger partial charge in [0, 0.05) is 32.6 Å². The van der Waals surface area contributed by atoms with E-state index in [2.05, 4.69) is 45.3 Å². The molecular formula is C20H23N3O2. The van der Waals surface area contributed by atoms with Crippen molar-refractivity contribution in [2.75, 3.05) is 38.2 Å². The number of hydrogen-bond donors (Lipinski definition) is 1. The Balaban J connectivity index is 1.52. The maximum atomic E-state index is 9.47. The Morgan fingerprint density at radius 3 is 2.48 bits per heavy atom. The average Bonchev–Trinajstić information content (AvgIpc) is 3.06. The molecule has 1 heterocycles. The van der Waals surface area contributed by atoms with Crippen LogP contribution in [0, 0.1) is 0 Å². The molecule has 0 aromatic heterocycles. The third kappa shape index (κ3) is 2.85. The van der Waals surface area contributed by atoms with Gasteiger partial charge in [-0.05, 0) is 23.3 Å². The summed E-state index contributed by atoms with van der Waals surface area (Å²) in [7, 11) is 1.72. The molecule has 1 N–H and O–H groups in total. The molecular weight excluding hydrogens is 314 g/mol. The molecule has 1 saturated heterocycles. The molecule has 1 aliphatic heterocycles. The van der Waals surface area contributed by atoms with Gasteiger partial charge in [-0.1, -0.05) is 41.6 Å². The molecule has 25 heavy (non-hydrogen) atoms. The molecule has 1 fully saturated rings. The topological polar surface area (TPSA) is 48.3 Å². The maximum absolute atomic E-state index is 9.47.